The topological polar surface area (TPSA) is 88.1 Å². The van der Waals surface area contributed by atoms with Gasteiger partial charge in [0.15, 0.2) is 11.0 Å². The Bertz CT molecular complexity index is 1150. The molecule has 10 heteroatoms. The van der Waals surface area contributed by atoms with Gasteiger partial charge in [0.05, 0.1) is 23.4 Å². The van der Waals surface area contributed by atoms with Gasteiger partial charge >= 0.3 is 0 Å². The summed E-state index contributed by atoms with van der Waals surface area (Å²) in [6.07, 6.45) is 0. The minimum atomic E-state index is 0.256. The van der Waals surface area contributed by atoms with Gasteiger partial charge in [0.25, 0.3) is 0 Å². The van der Waals surface area contributed by atoms with E-state index in [4.69, 9.17) is 25.6 Å². The second-order valence-electron chi connectivity index (χ2n) is 6.18. The predicted octanol–water partition coefficient (Wildman–Crippen LogP) is 4.40. The number of methoxy groups -OCH3 is 1. The Morgan fingerprint density at radius 1 is 1.07 bits per heavy atom. The van der Waals surface area contributed by atoms with Gasteiger partial charge in [0.1, 0.15) is 18.1 Å². The van der Waals surface area contributed by atoms with Crippen molar-refractivity contribution in [2.45, 2.75) is 17.5 Å². The zero-order valence-electron chi connectivity index (χ0n) is 16.3. The van der Waals surface area contributed by atoms with Gasteiger partial charge in [-0.05, 0) is 24.3 Å². The van der Waals surface area contributed by atoms with Crippen molar-refractivity contribution in [3.63, 3.8) is 0 Å². The van der Waals surface area contributed by atoms with Crippen LogP contribution in [0.1, 0.15) is 11.7 Å². The summed E-state index contributed by atoms with van der Waals surface area (Å²) in [5.74, 6) is 3.39. The largest absolute Gasteiger partial charge is 0.496 e. The highest BCUT2D eigenvalue weighted by molar-refractivity contribution is 7.98. The van der Waals surface area contributed by atoms with E-state index in [1.165, 1.54) is 11.8 Å². The summed E-state index contributed by atoms with van der Waals surface area (Å²) >= 11 is 7.56. The molecule has 0 radical (unpaired) electrons. The quantitative estimate of drug-likeness (QED) is 0.370. The van der Waals surface area contributed by atoms with E-state index in [-0.39, 0.29) is 6.61 Å². The molecule has 0 N–H and O–H groups in total. The van der Waals surface area contributed by atoms with Crippen LogP contribution in [-0.2, 0) is 19.4 Å². The van der Waals surface area contributed by atoms with Crippen molar-refractivity contribution in [3.8, 4) is 22.9 Å². The molecule has 0 spiro atoms. The Hall–Kier alpha value is -3.04. The van der Waals surface area contributed by atoms with Gasteiger partial charge in [-0.15, -0.1) is 10.2 Å². The summed E-state index contributed by atoms with van der Waals surface area (Å²) in [7, 11) is 3.48. The molecule has 0 amide bonds. The first-order valence-electron chi connectivity index (χ1n) is 9.00. The fraction of sp³-hybridized carbons (Fsp3) is 0.200. The van der Waals surface area contributed by atoms with Gasteiger partial charge in [-0.1, -0.05) is 52.8 Å². The van der Waals surface area contributed by atoms with E-state index in [0.29, 0.717) is 45.0 Å². The zero-order chi connectivity index (χ0) is 20.9. The molecule has 2 aromatic carbocycles. The third kappa shape index (κ3) is 4.42. The van der Waals surface area contributed by atoms with E-state index in [1.54, 1.807) is 13.2 Å². The molecule has 4 rings (SSSR count). The first-order valence-corrected chi connectivity index (χ1v) is 10.4. The molecule has 2 heterocycles. The first kappa shape index (κ1) is 20.2. The van der Waals surface area contributed by atoms with Crippen molar-refractivity contribution in [1.82, 2.24) is 24.9 Å². The second-order valence-corrected chi connectivity index (χ2v) is 7.53. The van der Waals surface area contributed by atoms with Gasteiger partial charge in [-0.3, -0.25) is 0 Å². The van der Waals surface area contributed by atoms with E-state index in [9.17, 15) is 0 Å². The van der Waals surface area contributed by atoms with E-state index < -0.39 is 0 Å². The van der Waals surface area contributed by atoms with Crippen molar-refractivity contribution in [2.75, 3.05) is 7.11 Å². The molecule has 8 nitrogen and oxygen atoms in total. The molecule has 30 heavy (non-hydrogen) atoms. The lowest BCUT2D eigenvalue weighted by atomic mass is 10.2. The number of ether oxygens (including phenoxy) is 2. The summed E-state index contributed by atoms with van der Waals surface area (Å²) in [5, 5.41) is 13.7. The summed E-state index contributed by atoms with van der Waals surface area (Å²) in [6, 6.07) is 14.8. The minimum Gasteiger partial charge on any atom is -0.496 e. The number of nitrogens with zero attached hydrogens (tertiary/aromatic N) is 5. The van der Waals surface area contributed by atoms with Crippen LogP contribution in [0.15, 0.2) is 58.2 Å². The average Bonchev–Trinajstić information content (AvgIpc) is 3.38. The number of aromatic nitrogens is 5. The molecule has 2 aromatic heterocycles. The van der Waals surface area contributed by atoms with Crippen molar-refractivity contribution in [2.24, 2.45) is 7.05 Å². The first-order chi connectivity index (χ1) is 14.7. The zero-order valence-corrected chi connectivity index (χ0v) is 17.9. The van der Waals surface area contributed by atoms with Crippen LogP contribution < -0.4 is 9.47 Å². The Labute approximate surface area is 182 Å². The van der Waals surface area contributed by atoms with Gasteiger partial charge in [0.2, 0.25) is 11.7 Å². The third-order valence-corrected chi connectivity index (χ3v) is 5.58. The third-order valence-electron chi connectivity index (χ3n) is 4.26. The van der Waals surface area contributed by atoms with E-state index in [1.807, 2.05) is 54.1 Å². The fourth-order valence-electron chi connectivity index (χ4n) is 2.68. The van der Waals surface area contributed by atoms with Crippen molar-refractivity contribution in [1.29, 1.82) is 0 Å². The van der Waals surface area contributed by atoms with E-state index in [2.05, 4.69) is 20.3 Å². The molecular formula is C20H18ClN5O3S. The van der Waals surface area contributed by atoms with Crippen molar-refractivity contribution in [3.05, 3.63) is 65.3 Å². The molecule has 0 aliphatic carbocycles. The monoisotopic (exact) mass is 443 g/mol. The van der Waals surface area contributed by atoms with Gasteiger partial charge in [-0.25, -0.2) is 0 Å². The molecular weight excluding hydrogens is 426 g/mol. The predicted molar refractivity (Wildman–Crippen MR) is 113 cm³/mol. The number of rotatable bonds is 8. The lowest BCUT2D eigenvalue weighted by Gasteiger charge is -2.07. The average molecular weight is 444 g/mol. The molecule has 0 saturated carbocycles. The fourth-order valence-corrected chi connectivity index (χ4v) is 3.64. The molecule has 0 saturated heterocycles. The second kappa shape index (κ2) is 9.19. The molecule has 4 aromatic rings. The van der Waals surface area contributed by atoms with Crippen molar-refractivity contribution >= 4 is 23.4 Å². The van der Waals surface area contributed by atoms with Crippen LogP contribution in [0.5, 0.6) is 11.5 Å². The molecule has 0 fully saturated rings. The van der Waals surface area contributed by atoms with E-state index in [0.717, 1.165) is 5.56 Å². The van der Waals surface area contributed by atoms with Crippen LogP contribution in [0.25, 0.3) is 11.4 Å². The Morgan fingerprint density at radius 2 is 1.83 bits per heavy atom. The molecule has 154 valence electrons. The molecule has 0 atom stereocenters. The highest BCUT2D eigenvalue weighted by Gasteiger charge is 2.15. The number of hydrogen-bond acceptors (Lipinski definition) is 8. The maximum absolute atomic E-state index is 6.12. The lowest BCUT2D eigenvalue weighted by Crippen LogP contribution is -2.04. The van der Waals surface area contributed by atoms with Crippen LogP contribution in [0.2, 0.25) is 5.02 Å². The molecule has 0 bridgehead atoms. The summed E-state index contributed by atoms with van der Waals surface area (Å²) in [4.78, 5) is 4.45. The lowest BCUT2D eigenvalue weighted by molar-refractivity contribution is 0.290. The highest BCUT2D eigenvalue weighted by Crippen LogP contribution is 2.29. The Kier molecular flexibility index (Phi) is 6.20. The minimum absolute atomic E-state index is 0.256. The number of benzene rings is 2. The normalized spacial score (nSPS) is 10.9. The molecule has 0 unspecified atom stereocenters. The van der Waals surface area contributed by atoms with Gasteiger partial charge in [0, 0.05) is 7.05 Å². The van der Waals surface area contributed by atoms with Crippen LogP contribution in [0.4, 0.5) is 0 Å². The standard InChI is InChI=1S/C20H18ClN5O3S/c1-26-17(11-28-16-10-6-4-8-14(16)21)23-24-20(26)30-12-18-22-19(25-29-18)13-7-3-5-9-15(13)27-2/h3-10H,11-12H2,1-2H3. The maximum atomic E-state index is 6.12. The van der Waals surface area contributed by atoms with Crippen LogP contribution >= 0.6 is 23.4 Å². The highest BCUT2D eigenvalue weighted by atomic mass is 35.5. The number of hydrogen-bond donors (Lipinski definition) is 0. The Balaban J connectivity index is 1.39. The van der Waals surface area contributed by atoms with Crippen LogP contribution in [-0.4, -0.2) is 32.0 Å². The van der Waals surface area contributed by atoms with Crippen LogP contribution in [0, 0.1) is 0 Å². The summed E-state index contributed by atoms with van der Waals surface area (Å²) in [6.45, 7) is 0.256. The molecule has 0 aliphatic heterocycles. The Morgan fingerprint density at radius 3 is 2.63 bits per heavy atom. The SMILES string of the molecule is COc1ccccc1-c1noc(CSc2nnc(COc3ccccc3Cl)n2C)n1. The number of halogens is 1. The van der Waals surface area contributed by atoms with Gasteiger partial charge in [-0.2, -0.15) is 4.98 Å². The van der Waals surface area contributed by atoms with Gasteiger partial charge < -0.3 is 18.6 Å². The number of para-hydroxylation sites is 2. The van der Waals surface area contributed by atoms with Crippen LogP contribution in [0.3, 0.4) is 0 Å². The van der Waals surface area contributed by atoms with Crippen molar-refractivity contribution < 1.29 is 14.0 Å². The summed E-state index contributed by atoms with van der Waals surface area (Å²) in [5.41, 5.74) is 0.776. The maximum Gasteiger partial charge on any atom is 0.237 e. The summed E-state index contributed by atoms with van der Waals surface area (Å²) < 4.78 is 18.3. The van der Waals surface area contributed by atoms with E-state index >= 15 is 0 Å². The molecule has 0 aliphatic rings. The number of thioether (sulfide) groups is 1. The smallest absolute Gasteiger partial charge is 0.237 e.